The topological polar surface area (TPSA) is 71.5 Å². The van der Waals surface area contributed by atoms with Gasteiger partial charge in [0.1, 0.15) is 5.60 Å². The Hall–Kier alpha value is -1.70. The Kier molecular flexibility index (Phi) is 6.03. The molecule has 1 amide bonds. The van der Waals surface area contributed by atoms with Gasteiger partial charge in [0, 0.05) is 24.5 Å². The van der Waals surface area contributed by atoms with Gasteiger partial charge in [0.2, 0.25) is 0 Å². The van der Waals surface area contributed by atoms with Gasteiger partial charge in [-0.25, -0.2) is 9.99 Å². The molecular formula is C19H24ClN3O3S. The highest BCUT2D eigenvalue weighted by atomic mass is 35.5. The molecule has 0 radical (unpaired) electrons. The number of amides is 1. The van der Waals surface area contributed by atoms with E-state index in [0.29, 0.717) is 29.5 Å². The van der Waals surface area contributed by atoms with Crippen molar-refractivity contribution in [1.29, 1.82) is 0 Å². The van der Waals surface area contributed by atoms with E-state index in [-0.39, 0.29) is 17.8 Å². The lowest BCUT2D eigenvalue weighted by molar-refractivity contribution is -0.156. The van der Waals surface area contributed by atoms with Gasteiger partial charge in [-0.05, 0) is 57.7 Å². The van der Waals surface area contributed by atoms with Crippen LogP contribution in [0, 0.1) is 5.92 Å². The molecule has 27 heavy (non-hydrogen) atoms. The fraction of sp³-hybridized carbons (Fsp3) is 0.526. The average molecular weight is 410 g/mol. The number of esters is 1. The molecule has 8 heteroatoms. The van der Waals surface area contributed by atoms with E-state index in [1.165, 1.54) is 11.3 Å². The molecule has 2 heterocycles. The van der Waals surface area contributed by atoms with Crippen LogP contribution in [0.25, 0.3) is 10.2 Å². The molecule has 1 aromatic carbocycles. The molecule has 0 saturated carbocycles. The molecule has 2 aromatic rings. The van der Waals surface area contributed by atoms with Crippen molar-refractivity contribution in [1.82, 2.24) is 15.4 Å². The van der Waals surface area contributed by atoms with Crippen LogP contribution >= 0.6 is 22.9 Å². The summed E-state index contributed by atoms with van der Waals surface area (Å²) in [6.07, 6.45) is 2.11. The van der Waals surface area contributed by atoms with Crippen LogP contribution in [0.1, 0.15) is 49.8 Å². The van der Waals surface area contributed by atoms with Crippen molar-refractivity contribution in [3.05, 3.63) is 28.2 Å². The summed E-state index contributed by atoms with van der Waals surface area (Å²) in [6, 6.07) is 5.42. The van der Waals surface area contributed by atoms with Gasteiger partial charge in [0.05, 0.1) is 10.2 Å². The maximum atomic E-state index is 12.5. The highest BCUT2D eigenvalue weighted by Gasteiger charge is 2.26. The normalized spacial score (nSPS) is 16.4. The fourth-order valence-electron chi connectivity index (χ4n) is 3.06. The molecule has 3 rings (SSSR count). The number of piperidine rings is 1. The number of nitrogens with one attached hydrogen (secondary N) is 1. The second-order valence-corrected chi connectivity index (χ2v) is 9.26. The quantitative estimate of drug-likeness (QED) is 0.771. The maximum Gasteiger partial charge on any atom is 0.306 e. The number of ether oxygens (including phenoxy) is 1. The lowest BCUT2D eigenvalue weighted by Crippen LogP contribution is -2.46. The molecule has 1 aliphatic rings. The number of benzene rings is 1. The van der Waals surface area contributed by atoms with Crippen molar-refractivity contribution in [2.75, 3.05) is 13.1 Å². The third kappa shape index (κ3) is 5.64. The molecule has 0 atom stereocenters. The van der Waals surface area contributed by atoms with Crippen LogP contribution in [0.2, 0.25) is 5.02 Å². The number of fused-ring (bicyclic) bond motifs is 1. The number of nitrogens with zero attached hydrogens (tertiary/aromatic N) is 2. The zero-order valence-electron chi connectivity index (χ0n) is 15.8. The molecule has 0 spiro atoms. The minimum atomic E-state index is -0.451. The molecule has 0 aliphatic carbocycles. The predicted molar refractivity (Wildman–Crippen MR) is 107 cm³/mol. The van der Waals surface area contributed by atoms with Crippen LogP contribution < -0.4 is 5.43 Å². The molecule has 1 aliphatic heterocycles. The summed E-state index contributed by atoms with van der Waals surface area (Å²) in [5, 5.41) is 2.92. The van der Waals surface area contributed by atoms with E-state index in [1.807, 2.05) is 31.8 Å². The van der Waals surface area contributed by atoms with Crippen LogP contribution in [0.3, 0.4) is 0 Å². The summed E-state index contributed by atoms with van der Waals surface area (Å²) in [6.45, 7) is 7.03. The van der Waals surface area contributed by atoms with Gasteiger partial charge < -0.3 is 4.74 Å². The Morgan fingerprint density at radius 1 is 1.33 bits per heavy atom. The number of hydrogen-bond acceptors (Lipinski definition) is 6. The van der Waals surface area contributed by atoms with Crippen LogP contribution in [-0.4, -0.2) is 40.6 Å². The van der Waals surface area contributed by atoms with Crippen LogP contribution in [-0.2, 0) is 9.53 Å². The molecule has 1 N–H and O–H groups in total. The Labute approximate surface area is 167 Å². The number of thiazole rings is 1. The smallest absolute Gasteiger partial charge is 0.306 e. The van der Waals surface area contributed by atoms with Gasteiger partial charge in [-0.1, -0.05) is 11.6 Å². The molecular weight excluding hydrogens is 386 g/mol. The van der Waals surface area contributed by atoms with E-state index in [0.717, 1.165) is 23.1 Å². The first-order valence-electron chi connectivity index (χ1n) is 9.03. The number of rotatable bonds is 4. The lowest BCUT2D eigenvalue weighted by atomic mass is 9.94. The van der Waals surface area contributed by atoms with Crippen molar-refractivity contribution in [2.45, 2.75) is 45.6 Å². The van der Waals surface area contributed by atoms with Crippen LogP contribution in [0.15, 0.2) is 18.2 Å². The second-order valence-electron chi connectivity index (χ2n) is 7.79. The number of aromatic nitrogens is 1. The van der Waals surface area contributed by atoms with Crippen LogP contribution in [0.4, 0.5) is 0 Å². The van der Waals surface area contributed by atoms with Gasteiger partial charge in [0.25, 0.3) is 5.91 Å². The highest BCUT2D eigenvalue weighted by Crippen LogP contribution is 2.25. The first-order chi connectivity index (χ1) is 12.7. The summed E-state index contributed by atoms with van der Waals surface area (Å²) in [7, 11) is 0. The summed E-state index contributed by atoms with van der Waals surface area (Å²) in [5.74, 6) is -0.0753. The number of carbonyl (C=O) groups excluding carboxylic acids is 2. The van der Waals surface area contributed by atoms with Gasteiger partial charge >= 0.3 is 5.97 Å². The monoisotopic (exact) mass is 409 g/mol. The second kappa shape index (κ2) is 8.12. The van der Waals surface area contributed by atoms with E-state index in [9.17, 15) is 9.59 Å². The van der Waals surface area contributed by atoms with Crippen molar-refractivity contribution < 1.29 is 14.3 Å². The zero-order valence-corrected chi connectivity index (χ0v) is 17.3. The molecule has 146 valence electrons. The molecule has 1 aromatic heterocycles. The fourth-order valence-corrected chi connectivity index (χ4v) is 4.06. The van der Waals surface area contributed by atoms with E-state index >= 15 is 0 Å². The van der Waals surface area contributed by atoms with Crippen molar-refractivity contribution in [2.24, 2.45) is 5.92 Å². The van der Waals surface area contributed by atoms with E-state index < -0.39 is 5.60 Å². The van der Waals surface area contributed by atoms with Gasteiger partial charge in [-0.15, -0.1) is 11.3 Å². The first-order valence-corrected chi connectivity index (χ1v) is 10.2. The van der Waals surface area contributed by atoms with Crippen LogP contribution in [0.5, 0.6) is 0 Å². The third-order valence-electron chi connectivity index (χ3n) is 4.29. The molecule has 1 saturated heterocycles. The van der Waals surface area contributed by atoms with Crippen molar-refractivity contribution >= 4 is 45.0 Å². The Bertz CT molecular complexity index is 838. The van der Waals surface area contributed by atoms with Crippen molar-refractivity contribution in [3.8, 4) is 0 Å². The predicted octanol–water partition coefficient (Wildman–Crippen LogP) is 4.04. The number of carbonyl (C=O) groups is 2. The number of hydrazine groups is 1. The zero-order chi connectivity index (χ0) is 19.6. The van der Waals surface area contributed by atoms with Crippen molar-refractivity contribution in [3.63, 3.8) is 0 Å². The lowest BCUT2D eigenvalue weighted by Gasteiger charge is -2.31. The van der Waals surface area contributed by atoms with E-state index in [4.69, 9.17) is 16.3 Å². The third-order valence-corrected chi connectivity index (χ3v) is 5.56. The molecule has 0 bridgehead atoms. The number of halogens is 1. The summed E-state index contributed by atoms with van der Waals surface area (Å²) in [4.78, 5) is 28.8. The summed E-state index contributed by atoms with van der Waals surface area (Å²) in [5.41, 5.74) is 3.20. The Morgan fingerprint density at radius 3 is 2.70 bits per heavy atom. The average Bonchev–Trinajstić information content (AvgIpc) is 2.98. The minimum absolute atomic E-state index is 0.155. The van der Waals surface area contributed by atoms with Gasteiger partial charge in [0.15, 0.2) is 5.01 Å². The molecule has 6 nitrogen and oxygen atoms in total. The maximum absolute atomic E-state index is 12.5. The molecule has 0 unspecified atom stereocenters. The number of hydrogen-bond donors (Lipinski definition) is 1. The molecule has 1 fully saturated rings. The highest BCUT2D eigenvalue weighted by molar-refractivity contribution is 7.20. The van der Waals surface area contributed by atoms with Gasteiger partial charge in [-0.3, -0.25) is 15.0 Å². The standard InChI is InChI=1S/C19H24ClN3O3S/c1-19(2,3)26-16(24)10-12-6-8-23(9-7-12)22-17(25)18-21-14-11-13(20)4-5-15(14)27-18/h4-5,11-12H,6-10H2,1-3H3,(H,22,25). The minimum Gasteiger partial charge on any atom is -0.460 e. The largest absolute Gasteiger partial charge is 0.460 e. The summed E-state index contributed by atoms with van der Waals surface area (Å²) >= 11 is 7.32. The SMILES string of the molecule is CC(C)(C)OC(=O)CC1CCN(NC(=O)c2nc3cc(Cl)ccc3s2)CC1. The Morgan fingerprint density at radius 2 is 2.04 bits per heavy atom. The summed E-state index contributed by atoms with van der Waals surface area (Å²) < 4.78 is 6.32. The Balaban J connectivity index is 1.49. The van der Waals surface area contributed by atoms with E-state index in [1.54, 1.807) is 12.1 Å². The van der Waals surface area contributed by atoms with E-state index in [2.05, 4.69) is 10.4 Å². The van der Waals surface area contributed by atoms with Gasteiger partial charge in [-0.2, -0.15) is 0 Å². The first kappa shape index (κ1) is 20.0.